The van der Waals surface area contributed by atoms with Gasteiger partial charge in [0.1, 0.15) is 5.82 Å². The van der Waals surface area contributed by atoms with Crippen LogP contribution in [0.25, 0.3) is 5.69 Å². The fourth-order valence-corrected chi connectivity index (χ4v) is 4.86. The van der Waals surface area contributed by atoms with Crippen LogP contribution in [0.15, 0.2) is 64.3 Å². The van der Waals surface area contributed by atoms with Crippen LogP contribution in [0.2, 0.25) is 0 Å². The van der Waals surface area contributed by atoms with Crippen LogP contribution in [-0.4, -0.2) is 35.9 Å². The van der Waals surface area contributed by atoms with Gasteiger partial charge in [-0.15, -0.1) is 0 Å². The molecular formula is C20H19FN4O3S. The van der Waals surface area contributed by atoms with E-state index < -0.39 is 15.8 Å². The zero-order valence-electron chi connectivity index (χ0n) is 15.7. The standard InChI is InChI=1S/C20H19FN4O3S/c1-22-20-23-18-10-11-24(29(27,28)16-9-5-6-14(21)12-16)13-17(18)19(26)25(20)15-7-3-2-4-8-15/h2-9,12H,10-11,13H2,1H3,(H,22,23). The third-order valence-corrected chi connectivity index (χ3v) is 6.71. The zero-order valence-corrected chi connectivity index (χ0v) is 16.5. The lowest BCUT2D eigenvalue weighted by Crippen LogP contribution is -2.41. The highest BCUT2D eigenvalue weighted by molar-refractivity contribution is 7.89. The van der Waals surface area contributed by atoms with Crippen LogP contribution in [0.5, 0.6) is 0 Å². The highest BCUT2D eigenvalue weighted by Crippen LogP contribution is 2.24. The second-order valence-electron chi connectivity index (χ2n) is 6.63. The number of hydrogen-bond donors (Lipinski definition) is 1. The fraction of sp³-hybridized carbons (Fsp3) is 0.200. The van der Waals surface area contributed by atoms with Crippen molar-refractivity contribution in [2.45, 2.75) is 17.9 Å². The number of anilines is 1. The quantitative estimate of drug-likeness (QED) is 0.707. The first-order valence-corrected chi connectivity index (χ1v) is 10.5. The van der Waals surface area contributed by atoms with Crippen molar-refractivity contribution >= 4 is 16.0 Å². The number of nitrogens with zero attached hydrogens (tertiary/aromatic N) is 3. The Balaban J connectivity index is 1.79. The fourth-order valence-electron chi connectivity index (χ4n) is 3.42. The third-order valence-electron chi connectivity index (χ3n) is 4.87. The second kappa shape index (κ2) is 7.41. The molecule has 2 aromatic carbocycles. The van der Waals surface area contributed by atoms with Crippen LogP contribution in [-0.2, 0) is 23.0 Å². The third kappa shape index (κ3) is 3.43. The van der Waals surface area contributed by atoms with E-state index in [1.165, 1.54) is 27.1 Å². The second-order valence-corrected chi connectivity index (χ2v) is 8.57. The zero-order chi connectivity index (χ0) is 20.6. The van der Waals surface area contributed by atoms with Gasteiger partial charge in [0.2, 0.25) is 16.0 Å². The van der Waals surface area contributed by atoms with Gasteiger partial charge in [0.15, 0.2) is 0 Å². The lowest BCUT2D eigenvalue weighted by atomic mass is 10.1. The van der Waals surface area contributed by atoms with Crippen molar-refractivity contribution in [1.29, 1.82) is 0 Å². The summed E-state index contributed by atoms with van der Waals surface area (Å²) in [7, 11) is -2.26. The maximum Gasteiger partial charge on any atom is 0.264 e. The number of nitrogens with one attached hydrogen (secondary N) is 1. The van der Waals surface area contributed by atoms with Crippen molar-refractivity contribution in [1.82, 2.24) is 13.9 Å². The molecule has 3 aromatic rings. The van der Waals surface area contributed by atoms with Gasteiger partial charge in [-0.2, -0.15) is 4.31 Å². The van der Waals surface area contributed by atoms with Gasteiger partial charge in [0.25, 0.3) is 5.56 Å². The molecule has 0 radical (unpaired) electrons. The summed E-state index contributed by atoms with van der Waals surface area (Å²) in [6.45, 7) is 0.0492. The molecule has 1 aliphatic heterocycles. The summed E-state index contributed by atoms with van der Waals surface area (Å²) in [5, 5.41) is 2.94. The molecule has 0 saturated heterocycles. The summed E-state index contributed by atoms with van der Waals surface area (Å²) in [6, 6.07) is 13.9. The molecule has 4 rings (SSSR count). The Morgan fingerprint density at radius 1 is 1.10 bits per heavy atom. The Kier molecular flexibility index (Phi) is 4.93. The van der Waals surface area contributed by atoms with E-state index >= 15 is 0 Å². The van der Waals surface area contributed by atoms with E-state index in [2.05, 4.69) is 10.3 Å². The number of benzene rings is 2. The van der Waals surface area contributed by atoms with Crippen LogP contribution in [0, 0.1) is 5.82 Å². The molecule has 0 fully saturated rings. The van der Waals surface area contributed by atoms with Crippen LogP contribution in [0.1, 0.15) is 11.3 Å². The molecule has 2 heterocycles. The summed E-state index contributed by atoms with van der Waals surface area (Å²) in [6.07, 6.45) is 0.295. The molecular weight excluding hydrogens is 395 g/mol. The van der Waals surface area contributed by atoms with E-state index in [0.29, 0.717) is 29.3 Å². The molecule has 29 heavy (non-hydrogen) atoms. The summed E-state index contributed by atoms with van der Waals surface area (Å²) in [5.74, 6) is -0.239. The van der Waals surface area contributed by atoms with Crippen molar-refractivity contribution in [3.8, 4) is 5.69 Å². The Hall–Kier alpha value is -3.04. The number of rotatable bonds is 4. The molecule has 0 amide bonds. The van der Waals surface area contributed by atoms with Crippen molar-refractivity contribution < 1.29 is 12.8 Å². The predicted molar refractivity (Wildman–Crippen MR) is 107 cm³/mol. The molecule has 1 aliphatic rings. The van der Waals surface area contributed by atoms with E-state index in [1.54, 1.807) is 31.3 Å². The van der Waals surface area contributed by atoms with E-state index in [-0.39, 0.29) is 23.5 Å². The maximum atomic E-state index is 13.5. The van der Waals surface area contributed by atoms with Gasteiger partial charge in [-0.05, 0) is 30.3 Å². The molecule has 1 aromatic heterocycles. The molecule has 1 N–H and O–H groups in total. The number of fused-ring (bicyclic) bond motifs is 1. The van der Waals surface area contributed by atoms with Crippen molar-refractivity contribution in [2.24, 2.45) is 0 Å². The Morgan fingerprint density at radius 3 is 2.55 bits per heavy atom. The van der Waals surface area contributed by atoms with Crippen molar-refractivity contribution in [3.05, 3.63) is 82.0 Å². The number of sulfonamides is 1. The molecule has 0 saturated carbocycles. The minimum Gasteiger partial charge on any atom is -0.358 e. The van der Waals surface area contributed by atoms with Gasteiger partial charge in [0.05, 0.1) is 21.8 Å². The lowest BCUT2D eigenvalue weighted by Gasteiger charge is -2.28. The number of para-hydroxylation sites is 1. The monoisotopic (exact) mass is 414 g/mol. The SMILES string of the molecule is CNc1nc2c(c(=O)n1-c1ccccc1)CN(S(=O)(=O)c1cccc(F)c1)CC2. The first-order valence-electron chi connectivity index (χ1n) is 9.05. The molecule has 0 unspecified atom stereocenters. The van der Waals surface area contributed by atoms with E-state index in [9.17, 15) is 17.6 Å². The normalized spacial score (nSPS) is 14.4. The van der Waals surface area contributed by atoms with Crippen LogP contribution < -0.4 is 10.9 Å². The number of aromatic nitrogens is 2. The van der Waals surface area contributed by atoms with Gasteiger partial charge in [0, 0.05) is 26.6 Å². The highest BCUT2D eigenvalue weighted by Gasteiger charge is 2.32. The summed E-state index contributed by atoms with van der Waals surface area (Å²) in [5.41, 5.74) is 1.18. The lowest BCUT2D eigenvalue weighted by molar-refractivity contribution is 0.384. The molecule has 0 aliphatic carbocycles. The van der Waals surface area contributed by atoms with Crippen LogP contribution in [0.4, 0.5) is 10.3 Å². The maximum absolute atomic E-state index is 13.5. The molecule has 7 nitrogen and oxygen atoms in total. The summed E-state index contributed by atoms with van der Waals surface area (Å²) >= 11 is 0. The smallest absolute Gasteiger partial charge is 0.264 e. The summed E-state index contributed by atoms with van der Waals surface area (Å²) in [4.78, 5) is 17.7. The van der Waals surface area contributed by atoms with Gasteiger partial charge in [-0.3, -0.25) is 4.79 Å². The minimum absolute atomic E-state index is 0.114. The molecule has 0 spiro atoms. The highest BCUT2D eigenvalue weighted by atomic mass is 32.2. The van der Waals surface area contributed by atoms with Crippen LogP contribution >= 0.6 is 0 Å². The molecule has 150 valence electrons. The van der Waals surface area contributed by atoms with E-state index in [1.807, 2.05) is 6.07 Å². The minimum atomic E-state index is -3.94. The first kappa shape index (κ1) is 19.3. The van der Waals surface area contributed by atoms with Crippen LogP contribution in [0.3, 0.4) is 0 Å². The van der Waals surface area contributed by atoms with Gasteiger partial charge in [-0.25, -0.2) is 22.4 Å². The molecule has 0 atom stereocenters. The first-order chi connectivity index (χ1) is 13.9. The Morgan fingerprint density at radius 2 is 1.86 bits per heavy atom. The van der Waals surface area contributed by atoms with Gasteiger partial charge in [-0.1, -0.05) is 24.3 Å². The average Bonchev–Trinajstić information content (AvgIpc) is 2.74. The van der Waals surface area contributed by atoms with Crippen molar-refractivity contribution in [2.75, 3.05) is 18.9 Å². The number of hydrogen-bond acceptors (Lipinski definition) is 5. The van der Waals surface area contributed by atoms with Gasteiger partial charge < -0.3 is 5.32 Å². The Labute approximate surface area is 167 Å². The van der Waals surface area contributed by atoms with E-state index in [4.69, 9.17) is 0 Å². The number of halogens is 1. The van der Waals surface area contributed by atoms with Crippen molar-refractivity contribution in [3.63, 3.8) is 0 Å². The molecule has 0 bridgehead atoms. The van der Waals surface area contributed by atoms with E-state index in [0.717, 1.165) is 6.07 Å². The summed E-state index contributed by atoms with van der Waals surface area (Å²) < 4.78 is 42.1. The average molecular weight is 414 g/mol. The predicted octanol–water partition coefficient (Wildman–Crippen LogP) is 2.16. The largest absolute Gasteiger partial charge is 0.358 e. The topological polar surface area (TPSA) is 84.3 Å². The van der Waals surface area contributed by atoms with Gasteiger partial charge >= 0.3 is 0 Å². The molecule has 9 heteroatoms. The Bertz CT molecular complexity index is 1230.